The van der Waals surface area contributed by atoms with Crippen molar-refractivity contribution in [1.82, 2.24) is 0 Å². The Hall–Kier alpha value is -1.91. The molecular weight excluding hydrogens is 293 g/mol. The first-order valence-corrected chi connectivity index (χ1v) is 6.98. The van der Waals surface area contributed by atoms with Crippen LogP contribution in [-0.2, 0) is 11.2 Å². The summed E-state index contributed by atoms with van der Waals surface area (Å²) in [5.74, 6) is -0.630. The van der Waals surface area contributed by atoms with E-state index in [2.05, 4.69) is 5.32 Å². The minimum absolute atomic E-state index is 0.0169. The number of hydrogen-bond acceptors (Lipinski definition) is 2. The summed E-state index contributed by atoms with van der Waals surface area (Å²) in [6.07, 6.45) is -0.0655. The Morgan fingerprint density at radius 1 is 1.24 bits per heavy atom. The number of benzene rings is 2. The molecule has 5 heteroatoms. The van der Waals surface area contributed by atoms with Crippen LogP contribution < -0.4 is 5.32 Å². The molecule has 1 heterocycles. The Labute approximate surface area is 126 Å². The summed E-state index contributed by atoms with van der Waals surface area (Å²) in [5.41, 5.74) is 2.40. The van der Waals surface area contributed by atoms with Crippen LogP contribution in [0.4, 0.5) is 10.1 Å². The first-order chi connectivity index (χ1) is 10.1. The maximum atomic E-state index is 14.0. The molecule has 108 valence electrons. The molecule has 0 aromatic heterocycles. The van der Waals surface area contributed by atoms with Crippen LogP contribution in [0.5, 0.6) is 0 Å². The fraction of sp³-hybridized carbons (Fsp3) is 0.188. The molecule has 0 saturated carbocycles. The SMILES string of the molecule is O=C1CCc2cc(C(O)c3cccc(Cl)c3F)ccc2N1. The molecule has 3 rings (SSSR count). The molecule has 0 bridgehead atoms. The standard InChI is InChI=1S/C16H13ClFNO2/c17-12-3-1-2-11(15(12)18)16(21)10-4-6-13-9(8-10)5-7-14(20)19-13/h1-4,6,8,16,21H,5,7H2,(H,19,20). The van der Waals surface area contributed by atoms with Gasteiger partial charge in [-0.1, -0.05) is 35.9 Å². The molecule has 2 aromatic rings. The van der Waals surface area contributed by atoms with Gasteiger partial charge in [-0.15, -0.1) is 0 Å². The maximum Gasteiger partial charge on any atom is 0.224 e. The number of halogens is 2. The van der Waals surface area contributed by atoms with E-state index in [1.54, 1.807) is 24.3 Å². The fourth-order valence-electron chi connectivity index (χ4n) is 2.48. The topological polar surface area (TPSA) is 49.3 Å². The highest BCUT2D eigenvalue weighted by Crippen LogP contribution is 2.31. The van der Waals surface area contributed by atoms with Gasteiger partial charge in [0.05, 0.1) is 5.02 Å². The zero-order valence-electron chi connectivity index (χ0n) is 11.1. The number of hydrogen-bond donors (Lipinski definition) is 2. The summed E-state index contributed by atoms with van der Waals surface area (Å²) < 4.78 is 14.0. The highest BCUT2D eigenvalue weighted by atomic mass is 35.5. The van der Waals surface area contributed by atoms with E-state index in [4.69, 9.17) is 11.6 Å². The fourth-order valence-corrected chi connectivity index (χ4v) is 2.67. The molecule has 2 N–H and O–H groups in total. The lowest BCUT2D eigenvalue weighted by Crippen LogP contribution is -2.19. The van der Waals surface area contributed by atoms with Gasteiger partial charge in [-0.25, -0.2) is 4.39 Å². The lowest BCUT2D eigenvalue weighted by molar-refractivity contribution is -0.116. The zero-order chi connectivity index (χ0) is 15.0. The molecule has 0 fully saturated rings. The molecule has 0 radical (unpaired) electrons. The van der Waals surface area contributed by atoms with Gasteiger partial charge in [0.2, 0.25) is 5.91 Å². The van der Waals surface area contributed by atoms with Crippen molar-refractivity contribution in [1.29, 1.82) is 0 Å². The smallest absolute Gasteiger partial charge is 0.224 e. The summed E-state index contributed by atoms with van der Waals surface area (Å²) in [4.78, 5) is 11.3. The third-order valence-corrected chi connectivity index (χ3v) is 3.91. The summed E-state index contributed by atoms with van der Waals surface area (Å²) in [6, 6.07) is 9.74. The van der Waals surface area contributed by atoms with Gasteiger partial charge in [0.15, 0.2) is 0 Å². The number of aliphatic hydroxyl groups excluding tert-OH is 1. The average molecular weight is 306 g/mol. The monoisotopic (exact) mass is 305 g/mol. The second-order valence-electron chi connectivity index (χ2n) is 5.01. The van der Waals surface area contributed by atoms with E-state index >= 15 is 0 Å². The average Bonchev–Trinajstić information content (AvgIpc) is 2.49. The van der Waals surface area contributed by atoms with Crippen LogP contribution in [0.25, 0.3) is 0 Å². The van der Waals surface area contributed by atoms with Gasteiger partial charge in [-0.05, 0) is 29.7 Å². The Balaban J connectivity index is 1.97. The maximum absolute atomic E-state index is 14.0. The summed E-state index contributed by atoms with van der Waals surface area (Å²) in [6.45, 7) is 0. The molecule has 1 aliphatic heterocycles. The molecule has 0 spiro atoms. The summed E-state index contributed by atoms with van der Waals surface area (Å²) in [7, 11) is 0. The van der Waals surface area contributed by atoms with Crippen LogP contribution in [0.3, 0.4) is 0 Å². The van der Waals surface area contributed by atoms with Crippen molar-refractivity contribution in [3.05, 3.63) is 63.9 Å². The number of carbonyl (C=O) groups excluding carboxylic acids is 1. The molecule has 21 heavy (non-hydrogen) atoms. The largest absolute Gasteiger partial charge is 0.384 e. The van der Waals surface area contributed by atoms with Gasteiger partial charge in [-0.2, -0.15) is 0 Å². The molecular formula is C16H13ClFNO2. The molecule has 1 amide bonds. The number of amides is 1. The van der Waals surface area contributed by atoms with Crippen molar-refractivity contribution >= 4 is 23.2 Å². The van der Waals surface area contributed by atoms with E-state index in [-0.39, 0.29) is 16.5 Å². The number of fused-ring (bicyclic) bond motifs is 1. The third kappa shape index (κ3) is 2.64. The van der Waals surface area contributed by atoms with Gasteiger partial charge >= 0.3 is 0 Å². The number of aliphatic hydroxyl groups is 1. The molecule has 3 nitrogen and oxygen atoms in total. The van der Waals surface area contributed by atoms with Crippen LogP contribution in [0.15, 0.2) is 36.4 Å². The highest BCUT2D eigenvalue weighted by Gasteiger charge is 2.20. The van der Waals surface area contributed by atoms with Crippen molar-refractivity contribution in [2.75, 3.05) is 5.32 Å². The van der Waals surface area contributed by atoms with Crippen LogP contribution in [-0.4, -0.2) is 11.0 Å². The highest BCUT2D eigenvalue weighted by molar-refractivity contribution is 6.30. The second-order valence-corrected chi connectivity index (χ2v) is 5.42. The van der Waals surface area contributed by atoms with Crippen molar-refractivity contribution < 1.29 is 14.3 Å². The Morgan fingerprint density at radius 2 is 2.05 bits per heavy atom. The van der Waals surface area contributed by atoms with Crippen LogP contribution in [0, 0.1) is 5.82 Å². The molecule has 0 saturated heterocycles. The van der Waals surface area contributed by atoms with E-state index in [0.29, 0.717) is 18.4 Å². The predicted octanol–water partition coefficient (Wildman–Crippen LogP) is 3.45. The molecule has 2 aromatic carbocycles. The lowest BCUT2D eigenvalue weighted by atomic mass is 9.95. The van der Waals surface area contributed by atoms with Gasteiger partial charge in [-0.3, -0.25) is 4.79 Å². The van der Waals surface area contributed by atoms with Crippen molar-refractivity contribution in [2.45, 2.75) is 18.9 Å². The molecule has 1 aliphatic rings. The van der Waals surface area contributed by atoms with Crippen LogP contribution in [0.2, 0.25) is 5.02 Å². The van der Waals surface area contributed by atoms with Crippen LogP contribution in [0.1, 0.15) is 29.2 Å². The summed E-state index contributed by atoms with van der Waals surface area (Å²) >= 11 is 5.74. The van der Waals surface area contributed by atoms with Gasteiger partial charge in [0.1, 0.15) is 11.9 Å². The minimum atomic E-state index is -1.09. The normalized spacial score (nSPS) is 15.3. The Morgan fingerprint density at radius 3 is 2.86 bits per heavy atom. The van der Waals surface area contributed by atoms with Crippen LogP contribution >= 0.6 is 11.6 Å². The van der Waals surface area contributed by atoms with E-state index in [9.17, 15) is 14.3 Å². The van der Waals surface area contributed by atoms with Gasteiger partial charge < -0.3 is 10.4 Å². The second kappa shape index (κ2) is 5.47. The molecule has 1 unspecified atom stereocenters. The zero-order valence-corrected chi connectivity index (χ0v) is 11.8. The molecule has 0 aliphatic carbocycles. The Kier molecular flexibility index (Phi) is 3.66. The minimum Gasteiger partial charge on any atom is -0.384 e. The van der Waals surface area contributed by atoms with Crippen molar-refractivity contribution in [2.24, 2.45) is 0 Å². The molecule has 1 atom stereocenters. The Bertz CT molecular complexity index is 717. The number of anilines is 1. The quantitative estimate of drug-likeness (QED) is 0.893. The predicted molar refractivity (Wildman–Crippen MR) is 78.9 cm³/mol. The number of rotatable bonds is 2. The first-order valence-electron chi connectivity index (χ1n) is 6.61. The van der Waals surface area contributed by atoms with Gasteiger partial charge in [0.25, 0.3) is 0 Å². The lowest BCUT2D eigenvalue weighted by Gasteiger charge is -2.20. The van der Waals surface area contributed by atoms with E-state index in [0.717, 1.165) is 11.3 Å². The first kappa shape index (κ1) is 14.0. The van der Waals surface area contributed by atoms with Crippen molar-refractivity contribution in [3.8, 4) is 0 Å². The van der Waals surface area contributed by atoms with Gasteiger partial charge in [0, 0.05) is 17.7 Å². The third-order valence-electron chi connectivity index (χ3n) is 3.62. The number of nitrogens with one attached hydrogen (secondary N) is 1. The van der Waals surface area contributed by atoms with E-state index in [1.807, 2.05) is 0 Å². The number of aryl methyl sites for hydroxylation is 1. The van der Waals surface area contributed by atoms with Crippen molar-refractivity contribution in [3.63, 3.8) is 0 Å². The van der Waals surface area contributed by atoms with E-state index < -0.39 is 11.9 Å². The number of carbonyl (C=O) groups is 1. The van der Waals surface area contributed by atoms with E-state index in [1.165, 1.54) is 12.1 Å². The summed E-state index contributed by atoms with van der Waals surface area (Å²) in [5, 5.41) is 13.1.